The van der Waals surface area contributed by atoms with Gasteiger partial charge in [-0.15, -0.1) is 0 Å². The van der Waals surface area contributed by atoms with Gasteiger partial charge in [-0.05, 0) is 53.4 Å². The van der Waals surface area contributed by atoms with Crippen LogP contribution < -0.4 is 11.1 Å². The fourth-order valence-corrected chi connectivity index (χ4v) is 2.44. The van der Waals surface area contributed by atoms with Gasteiger partial charge in [0, 0.05) is 12.6 Å². The minimum atomic E-state index is 0.0116. The first-order chi connectivity index (χ1) is 9.17. The van der Waals surface area contributed by atoms with E-state index in [2.05, 4.69) is 33.2 Å². The maximum Gasteiger partial charge on any atom is 0.225 e. The van der Waals surface area contributed by atoms with E-state index in [-0.39, 0.29) is 5.91 Å². The van der Waals surface area contributed by atoms with Crippen LogP contribution in [0, 0.1) is 5.92 Å². The van der Waals surface area contributed by atoms with E-state index in [1.165, 1.54) is 0 Å². The summed E-state index contributed by atoms with van der Waals surface area (Å²) in [7, 11) is 0. The lowest BCUT2D eigenvalue weighted by Crippen LogP contribution is -2.16. The van der Waals surface area contributed by atoms with Gasteiger partial charge in [-0.3, -0.25) is 4.79 Å². The van der Waals surface area contributed by atoms with Crippen molar-refractivity contribution in [2.45, 2.75) is 39.0 Å². The molecule has 0 aliphatic carbocycles. The number of carbonyl (C=O) groups is 1. The molecule has 0 fully saturated rings. The maximum atomic E-state index is 11.9. The molecule has 4 nitrogen and oxygen atoms in total. The quantitative estimate of drug-likeness (QED) is 0.769. The third kappa shape index (κ3) is 6.16. The molecule has 1 aromatic heterocycles. The molecule has 1 unspecified atom stereocenters. The van der Waals surface area contributed by atoms with Crippen LogP contribution in [0.25, 0.3) is 0 Å². The van der Waals surface area contributed by atoms with Gasteiger partial charge in [-0.25, -0.2) is 4.98 Å². The first-order valence-corrected chi connectivity index (χ1v) is 7.57. The number of nitrogens with two attached hydrogens (primary N) is 1. The van der Waals surface area contributed by atoms with Gasteiger partial charge in [0.05, 0.1) is 4.47 Å². The minimum absolute atomic E-state index is 0.0116. The van der Waals surface area contributed by atoms with Crippen LogP contribution in [0.5, 0.6) is 0 Å². The van der Waals surface area contributed by atoms with Gasteiger partial charge in [-0.1, -0.05) is 19.8 Å². The monoisotopic (exact) mass is 327 g/mol. The van der Waals surface area contributed by atoms with E-state index in [0.29, 0.717) is 24.7 Å². The zero-order valence-electron chi connectivity index (χ0n) is 11.4. The summed E-state index contributed by atoms with van der Waals surface area (Å²) in [6.07, 6.45) is 6.34. The van der Waals surface area contributed by atoms with Crippen LogP contribution in [0.3, 0.4) is 0 Å². The lowest BCUT2D eigenvalue weighted by Gasteiger charge is -2.14. The predicted molar refractivity (Wildman–Crippen MR) is 81.9 cm³/mol. The van der Waals surface area contributed by atoms with Crippen LogP contribution >= 0.6 is 15.9 Å². The van der Waals surface area contributed by atoms with Gasteiger partial charge in [0.15, 0.2) is 0 Å². The zero-order chi connectivity index (χ0) is 14.1. The Kier molecular flexibility index (Phi) is 7.67. The summed E-state index contributed by atoms with van der Waals surface area (Å²) >= 11 is 3.36. The van der Waals surface area contributed by atoms with Crippen LogP contribution in [0.15, 0.2) is 22.8 Å². The molecule has 1 heterocycles. The van der Waals surface area contributed by atoms with Crippen molar-refractivity contribution in [3.05, 3.63) is 22.8 Å². The fourth-order valence-electron chi connectivity index (χ4n) is 2.08. The second-order valence-corrected chi connectivity index (χ2v) is 5.51. The van der Waals surface area contributed by atoms with Crippen molar-refractivity contribution in [3.63, 3.8) is 0 Å². The summed E-state index contributed by atoms with van der Waals surface area (Å²) in [5.74, 6) is 1.14. The third-order valence-electron chi connectivity index (χ3n) is 3.07. The molecule has 0 saturated carbocycles. The van der Waals surface area contributed by atoms with Crippen molar-refractivity contribution in [2.24, 2.45) is 11.7 Å². The third-order valence-corrected chi connectivity index (χ3v) is 3.71. The number of halogens is 1. The Morgan fingerprint density at radius 2 is 2.26 bits per heavy atom. The van der Waals surface area contributed by atoms with Crippen molar-refractivity contribution in [1.29, 1.82) is 0 Å². The van der Waals surface area contributed by atoms with E-state index in [4.69, 9.17) is 5.73 Å². The molecule has 0 aliphatic heterocycles. The second-order valence-electron chi connectivity index (χ2n) is 4.65. The van der Waals surface area contributed by atoms with Crippen molar-refractivity contribution in [1.82, 2.24) is 4.98 Å². The van der Waals surface area contributed by atoms with Crippen LogP contribution in [0.2, 0.25) is 0 Å². The van der Waals surface area contributed by atoms with Crippen LogP contribution in [-0.2, 0) is 4.79 Å². The van der Waals surface area contributed by atoms with Gasteiger partial charge in [0.2, 0.25) is 5.91 Å². The SMILES string of the molecule is CCCC(CCN)CCC(=O)Nc1ncccc1Br. The average Bonchev–Trinajstić information content (AvgIpc) is 2.39. The average molecular weight is 328 g/mol. The van der Waals surface area contributed by atoms with Crippen LogP contribution in [0.4, 0.5) is 5.82 Å². The highest BCUT2D eigenvalue weighted by atomic mass is 79.9. The highest BCUT2D eigenvalue weighted by Gasteiger charge is 2.11. The Morgan fingerprint density at radius 3 is 2.89 bits per heavy atom. The number of rotatable bonds is 8. The van der Waals surface area contributed by atoms with E-state index >= 15 is 0 Å². The van der Waals surface area contributed by atoms with E-state index in [1.54, 1.807) is 6.20 Å². The second kappa shape index (κ2) is 9.04. The number of hydrogen-bond acceptors (Lipinski definition) is 3. The molecule has 3 N–H and O–H groups in total. The number of carbonyl (C=O) groups excluding carboxylic acids is 1. The Balaban J connectivity index is 2.40. The maximum absolute atomic E-state index is 11.9. The topological polar surface area (TPSA) is 68.0 Å². The number of nitrogens with zero attached hydrogens (tertiary/aromatic N) is 1. The summed E-state index contributed by atoms with van der Waals surface area (Å²) in [5, 5.41) is 2.82. The van der Waals surface area contributed by atoms with Crippen LogP contribution in [-0.4, -0.2) is 17.4 Å². The minimum Gasteiger partial charge on any atom is -0.330 e. The van der Waals surface area contributed by atoms with Crippen molar-refractivity contribution in [3.8, 4) is 0 Å². The Labute approximate surface area is 123 Å². The molecule has 106 valence electrons. The number of hydrogen-bond donors (Lipinski definition) is 2. The Morgan fingerprint density at radius 1 is 1.47 bits per heavy atom. The zero-order valence-corrected chi connectivity index (χ0v) is 12.9. The summed E-state index contributed by atoms with van der Waals surface area (Å²) in [6.45, 7) is 2.85. The Bertz CT molecular complexity index is 392. The molecule has 5 heteroatoms. The molecule has 0 bridgehead atoms. The fraction of sp³-hybridized carbons (Fsp3) is 0.571. The molecule has 1 rings (SSSR count). The summed E-state index contributed by atoms with van der Waals surface area (Å²) in [6, 6.07) is 3.68. The molecular weight excluding hydrogens is 306 g/mol. The van der Waals surface area contributed by atoms with Gasteiger partial charge in [-0.2, -0.15) is 0 Å². The highest BCUT2D eigenvalue weighted by molar-refractivity contribution is 9.10. The number of aromatic nitrogens is 1. The molecule has 0 aliphatic rings. The molecule has 0 aromatic carbocycles. The number of pyridine rings is 1. The highest BCUT2D eigenvalue weighted by Crippen LogP contribution is 2.20. The lowest BCUT2D eigenvalue weighted by molar-refractivity contribution is -0.116. The molecular formula is C14H22BrN3O. The Hall–Kier alpha value is -0.940. The van der Waals surface area contributed by atoms with E-state index in [1.807, 2.05) is 12.1 Å². The molecule has 0 saturated heterocycles. The van der Waals surface area contributed by atoms with Gasteiger partial charge in [0.1, 0.15) is 5.82 Å². The summed E-state index contributed by atoms with van der Waals surface area (Å²) in [4.78, 5) is 16.0. The predicted octanol–water partition coefficient (Wildman–Crippen LogP) is 3.33. The molecule has 19 heavy (non-hydrogen) atoms. The van der Waals surface area contributed by atoms with Gasteiger partial charge >= 0.3 is 0 Å². The number of nitrogens with one attached hydrogen (secondary N) is 1. The van der Waals surface area contributed by atoms with Crippen molar-refractivity contribution in [2.75, 3.05) is 11.9 Å². The molecule has 0 spiro atoms. The largest absolute Gasteiger partial charge is 0.330 e. The lowest BCUT2D eigenvalue weighted by atomic mass is 9.94. The van der Waals surface area contributed by atoms with E-state index in [9.17, 15) is 4.79 Å². The number of anilines is 1. The summed E-state index contributed by atoms with van der Waals surface area (Å²) in [5.41, 5.74) is 5.59. The van der Waals surface area contributed by atoms with E-state index in [0.717, 1.165) is 30.2 Å². The standard InChI is InChI=1S/C14H22BrN3O/c1-2-4-11(8-9-16)6-7-13(19)18-14-12(15)5-3-10-17-14/h3,5,10-11H,2,4,6-9,16H2,1H3,(H,17,18,19). The first kappa shape index (κ1) is 16.1. The molecule has 1 amide bonds. The van der Waals surface area contributed by atoms with Crippen LogP contribution in [0.1, 0.15) is 39.0 Å². The van der Waals surface area contributed by atoms with Gasteiger partial charge in [0.25, 0.3) is 0 Å². The van der Waals surface area contributed by atoms with Crippen molar-refractivity contribution >= 4 is 27.7 Å². The molecule has 1 aromatic rings. The number of amides is 1. The van der Waals surface area contributed by atoms with E-state index < -0.39 is 0 Å². The first-order valence-electron chi connectivity index (χ1n) is 6.77. The normalized spacial score (nSPS) is 12.2. The molecule has 1 atom stereocenters. The summed E-state index contributed by atoms with van der Waals surface area (Å²) < 4.78 is 0.801. The smallest absolute Gasteiger partial charge is 0.225 e. The van der Waals surface area contributed by atoms with Gasteiger partial charge < -0.3 is 11.1 Å². The molecule has 0 radical (unpaired) electrons. The van der Waals surface area contributed by atoms with Crippen molar-refractivity contribution < 1.29 is 4.79 Å².